The van der Waals surface area contributed by atoms with E-state index in [4.69, 9.17) is 0 Å². The first-order valence-corrected chi connectivity index (χ1v) is 14.1. The maximum Gasteiger partial charge on any atom is 0.233 e. The van der Waals surface area contributed by atoms with Crippen LogP contribution in [0.3, 0.4) is 0 Å². The molecule has 2 aliphatic carbocycles. The van der Waals surface area contributed by atoms with Crippen molar-refractivity contribution in [3.8, 4) is 0 Å². The first-order valence-electron chi connectivity index (χ1n) is 11.6. The van der Waals surface area contributed by atoms with Gasteiger partial charge < -0.3 is 15.5 Å². The summed E-state index contributed by atoms with van der Waals surface area (Å²) in [6, 6.07) is 6.82. The van der Waals surface area contributed by atoms with E-state index in [0.717, 1.165) is 37.7 Å². The van der Waals surface area contributed by atoms with Crippen molar-refractivity contribution in [3.63, 3.8) is 0 Å². The second kappa shape index (κ2) is 9.82. The van der Waals surface area contributed by atoms with Crippen molar-refractivity contribution >= 4 is 32.2 Å². The lowest BCUT2D eigenvalue weighted by Crippen LogP contribution is -2.28. The topological polar surface area (TPSA) is 117 Å². The van der Waals surface area contributed by atoms with Crippen molar-refractivity contribution in [1.82, 2.24) is 4.98 Å². The predicted octanol–water partition coefficient (Wildman–Crippen LogP) is 3.97. The Balaban J connectivity index is 1.54. The summed E-state index contributed by atoms with van der Waals surface area (Å²) in [5.74, 6) is -0.151. The van der Waals surface area contributed by atoms with Crippen LogP contribution in [0, 0.1) is 5.92 Å². The number of carbonyl (C=O) groups is 1. The first kappa shape index (κ1) is 24.3. The van der Waals surface area contributed by atoms with Crippen molar-refractivity contribution in [1.29, 1.82) is 0 Å². The minimum atomic E-state index is -3.30. The highest BCUT2D eigenvalue weighted by atomic mass is 32.2. The maximum absolute atomic E-state index is 13.3. The van der Waals surface area contributed by atoms with Gasteiger partial charge in [0, 0.05) is 5.38 Å². The van der Waals surface area contributed by atoms with Gasteiger partial charge in [-0.05, 0) is 49.8 Å². The number of nitrogens with one attached hydrogen (secondary N) is 1. The number of sulfone groups is 1. The second-order valence-electron chi connectivity index (χ2n) is 9.56. The standard InChI is InChI=1S/C24H32N2O5S2/c1-24(29,15-27)21-14-32-23(25-21)26-22(28)20(13-16-5-2-3-6-16)17-9-11-19(12-10-17)33(30,31)18-7-4-8-18/h9-12,14,16,18,20,27,29H,2-8,13,15H2,1H3,(H,25,26,28)/t20-,24?/m1/s1. The summed E-state index contributed by atoms with van der Waals surface area (Å²) < 4.78 is 25.5. The van der Waals surface area contributed by atoms with Gasteiger partial charge in [0.2, 0.25) is 5.91 Å². The molecule has 2 fully saturated rings. The molecular formula is C24H32N2O5S2. The van der Waals surface area contributed by atoms with E-state index in [1.807, 2.05) is 0 Å². The summed E-state index contributed by atoms with van der Waals surface area (Å²) in [4.78, 5) is 17.9. The minimum Gasteiger partial charge on any atom is -0.393 e. The fraction of sp³-hybridized carbons (Fsp3) is 0.583. The van der Waals surface area contributed by atoms with E-state index in [9.17, 15) is 23.4 Å². The lowest BCUT2D eigenvalue weighted by Gasteiger charge is -2.25. The largest absolute Gasteiger partial charge is 0.393 e. The van der Waals surface area contributed by atoms with Crippen molar-refractivity contribution in [3.05, 3.63) is 40.9 Å². The van der Waals surface area contributed by atoms with Crippen LogP contribution in [0.1, 0.15) is 75.5 Å². The molecule has 0 aliphatic heterocycles. The number of hydrogen-bond acceptors (Lipinski definition) is 7. The molecule has 1 amide bonds. The average Bonchev–Trinajstić information content (AvgIpc) is 3.43. The molecule has 0 spiro atoms. The highest BCUT2D eigenvalue weighted by molar-refractivity contribution is 7.92. The Morgan fingerprint density at radius 3 is 2.42 bits per heavy atom. The molecule has 33 heavy (non-hydrogen) atoms. The number of hydrogen-bond donors (Lipinski definition) is 3. The third-order valence-electron chi connectivity index (χ3n) is 7.06. The molecule has 4 rings (SSSR count). The zero-order valence-electron chi connectivity index (χ0n) is 18.9. The number of nitrogens with zero attached hydrogens (tertiary/aromatic N) is 1. The number of benzene rings is 1. The average molecular weight is 493 g/mol. The molecule has 1 heterocycles. The van der Waals surface area contributed by atoms with Gasteiger partial charge in [0.15, 0.2) is 15.0 Å². The highest BCUT2D eigenvalue weighted by Gasteiger charge is 2.33. The first-order chi connectivity index (χ1) is 15.7. The molecule has 1 unspecified atom stereocenters. The van der Waals surface area contributed by atoms with Crippen LogP contribution in [0.15, 0.2) is 34.5 Å². The van der Waals surface area contributed by atoms with Crippen LogP contribution < -0.4 is 5.32 Å². The molecule has 180 valence electrons. The smallest absolute Gasteiger partial charge is 0.233 e. The predicted molar refractivity (Wildman–Crippen MR) is 128 cm³/mol. The molecule has 0 saturated heterocycles. The molecule has 2 atom stereocenters. The third kappa shape index (κ3) is 5.31. The highest BCUT2D eigenvalue weighted by Crippen LogP contribution is 2.37. The summed E-state index contributed by atoms with van der Waals surface area (Å²) in [7, 11) is -3.30. The van der Waals surface area contributed by atoms with E-state index in [-0.39, 0.29) is 11.2 Å². The van der Waals surface area contributed by atoms with Gasteiger partial charge in [-0.25, -0.2) is 13.4 Å². The number of aromatic nitrogens is 1. The number of thiazole rings is 1. The second-order valence-corrected chi connectivity index (χ2v) is 12.7. The molecule has 1 aromatic carbocycles. The lowest BCUT2D eigenvalue weighted by molar-refractivity contribution is -0.118. The van der Waals surface area contributed by atoms with Crippen LogP contribution in [-0.4, -0.2) is 41.4 Å². The van der Waals surface area contributed by atoms with Crippen molar-refractivity contribution in [2.45, 2.75) is 80.0 Å². The lowest BCUT2D eigenvalue weighted by atomic mass is 9.87. The number of carbonyl (C=O) groups excluding carboxylic acids is 1. The van der Waals surface area contributed by atoms with Gasteiger partial charge in [-0.3, -0.25) is 4.79 Å². The minimum absolute atomic E-state index is 0.193. The summed E-state index contributed by atoms with van der Waals surface area (Å²) in [5, 5.41) is 24.1. The summed E-state index contributed by atoms with van der Waals surface area (Å²) in [6.45, 7) is 1.00. The van der Waals surface area contributed by atoms with E-state index in [0.29, 0.717) is 28.1 Å². The Labute approximate surface area is 199 Å². The van der Waals surface area contributed by atoms with Crippen molar-refractivity contribution in [2.24, 2.45) is 5.92 Å². The van der Waals surface area contributed by atoms with Crippen LogP contribution in [0.2, 0.25) is 0 Å². The molecule has 0 bridgehead atoms. The van der Waals surface area contributed by atoms with E-state index >= 15 is 0 Å². The number of aliphatic hydroxyl groups is 2. The van der Waals surface area contributed by atoms with Gasteiger partial charge in [0.1, 0.15) is 5.60 Å². The van der Waals surface area contributed by atoms with Gasteiger partial charge in [0.25, 0.3) is 0 Å². The van der Waals surface area contributed by atoms with Crippen LogP contribution in [0.4, 0.5) is 5.13 Å². The monoisotopic (exact) mass is 492 g/mol. The van der Waals surface area contributed by atoms with Gasteiger partial charge in [-0.15, -0.1) is 11.3 Å². The number of anilines is 1. The molecule has 1 aromatic heterocycles. The quantitative estimate of drug-likeness (QED) is 0.488. The molecule has 9 heteroatoms. The fourth-order valence-corrected chi connectivity index (χ4v) is 7.28. The zero-order valence-corrected chi connectivity index (χ0v) is 20.5. The zero-order chi connectivity index (χ0) is 23.6. The summed E-state index contributed by atoms with van der Waals surface area (Å²) >= 11 is 1.20. The Morgan fingerprint density at radius 2 is 1.85 bits per heavy atom. The normalized spacial score (nSPS) is 20.2. The van der Waals surface area contributed by atoms with Crippen LogP contribution in [0.25, 0.3) is 0 Å². The molecule has 2 aromatic rings. The maximum atomic E-state index is 13.3. The van der Waals surface area contributed by atoms with E-state index < -0.39 is 28.0 Å². The summed E-state index contributed by atoms with van der Waals surface area (Å²) in [5.41, 5.74) is -0.362. The van der Waals surface area contributed by atoms with Gasteiger partial charge in [-0.2, -0.15) is 0 Å². The Hall–Kier alpha value is -1.81. The third-order valence-corrected chi connectivity index (χ3v) is 10.1. The SMILES string of the molecule is CC(O)(CO)c1csc(NC(=O)[C@H](CC2CCCC2)c2ccc(S(=O)(=O)C3CCC3)cc2)n1. The van der Waals surface area contributed by atoms with E-state index in [1.54, 1.807) is 29.6 Å². The van der Waals surface area contributed by atoms with Crippen LogP contribution in [0.5, 0.6) is 0 Å². The number of rotatable bonds is 9. The molecule has 2 saturated carbocycles. The number of amides is 1. The molecule has 7 nitrogen and oxygen atoms in total. The van der Waals surface area contributed by atoms with Crippen LogP contribution >= 0.6 is 11.3 Å². The summed E-state index contributed by atoms with van der Waals surface area (Å²) in [6.07, 6.45) is 7.63. The van der Waals surface area contributed by atoms with E-state index in [1.165, 1.54) is 31.1 Å². The van der Waals surface area contributed by atoms with Crippen molar-refractivity contribution < 1.29 is 23.4 Å². The van der Waals surface area contributed by atoms with Gasteiger partial charge >= 0.3 is 0 Å². The van der Waals surface area contributed by atoms with Crippen molar-refractivity contribution in [2.75, 3.05) is 11.9 Å². The Morgan fingerprint density at radius 1 is 1.18 bits per heavy atom. The van der Waals surface area contributed by atoms with Gasteiger partial charge in [0.05, 0.1) is 28.4 Å². The van der Waals surface area contributed by atoms with Crippen LogP contribution in [-0.2, 0) is 20.2 Å². The molecular weight excluding hydrogens is 460 g/mol. The van der Waals surface area contributed by atoms with E-state index in [2.05, 4.69) is 10.3 Å². The number of aliphatic hydroxyl groups excluding tert-OH is 1. The Bertz CT molecular complexity index is 1070. The fourth-order valence-electron chi connectivity index (χ4n) is 4.59. The molecule has 0 radical (unpaired) electrons. The molecule has 2 aliphatic rings. The molecule has 3 N–H and O–H groups in total. The van der Waals surface area contributed by atoms with Gasteiger partial charge in [-0.1, -0.05) is 44.2 Å². The Kier molecular flexibility index (Phi) is 7.23.